The molecule has 2 fully saturated rings. The van der Waals surface area contributed by atoms with E-state index in [4.69, 9.17) is 0 Å². The van der Waals surface area contributed by atoms with Crippen molar-refractivity contribution in [3.63, 3.8) is 0 Å². The van der Waals surface area contributed by atoms with E-state index < -0.39 is 21.6 Å². The summed E-state index contributed by atoms with van der Waals surface area (Å²) in [5, 5.41) is 5.40. The normalized spacial score (nSPS) is 23.9. The van der Waals surface area contributed by atoms with E-state index in [-0.39, 0.29) is 21.7 Å². The minimum Gasteiger partial charge on any atom is -0.315 e. The van der Waals surface area contributed by atoms with Gasteiger partial charge in [0.05, 0.1) is 10.6 Å². The molecule has 0 bridgehead atoms. The molecule has 1 unspecified atom stereocenters. The predicted molar refractivity (Wildman–Crippen MR) is 72.9 cm³/mol. The van der Waals surface area contributed by atoms with E-state index in [0.717, 1.165) is 6.07 Å². The van der Waals surface area contributed by atoms with Gasteiger partial charge in [0.2, 0.25) is 0 Å². The van der Waals surface area contributed by atoms with Gasteiger partial charge in [-0.05, 0) is 18.6 Å². The Bertz CT molecular complexity index is 654. The molecule has 3 rings (SSSR count). The summed E-state index contributed by atoms with van der Waals surface area (Å²) in [4.78, 5) is 3.88. The lowest BCUT2D eigenvalue weighted by Gasteiger charge is -2.55. The fourth-order valence-electron chi connectivity index (χ4n) is 2.94. The zero-order chi connectivity index (χ0) is 15.3. The highest BCUT2D eigenvalue weighted by molar-refractivity contribution is 7.92. The van der Waals surface area contributed by atoms with E-state index in [1.807, 2.05) is 0 Å². The molecule has 0 amide bonds. The highest BCUT2D eigenvalue weighted by Crippen LogP contribution is 2.39. The summed E-state index contributed by atoms with van der Waals surface area (Å²) in [6.45, 7) is 3.70. The van der Waals surface area contributed by atoms with Crippen LogP contribution in [0.4, 0.5) is 8.78 Å². The number of sulfone groups is 1. The average Bonchev–Trinajstić information content (AvgIpc) is 2.34. The Morgan fingerprint density at radius 1 is 1.38 bits per heavy atom. The van der Waals surface area contributed by atoms with Crippen LogP contribution in [0.5, 0.6) is 0 Å². The van der Waals surface area contributed by atoms with E-state index in [1.165, 1.54) is 6.07 Å². The maximum absolute atomic E-state index is 12.8. The van der Waals surface area contributed by atoms with Crippen LogP contribution in [0.25, 0.3) is 0 Å². The number of pyridine rings is 1. The number of aromatic nitrogens is 1. The molecule has 1 atom stereocenters. The number of aryl methyl sites for hydroxylation is 1. The van der Waals surface area contributed by atoms with Gasteiger partial charge >= 0.3 is 0 Å². The monoisotopic (exact) mass is 317 g/mol. The Morgan fingerprint density at radius 2 is 2.10 bits per heavy atom. The average molecular weight is 317 g/mol. The zero-order valence-electron chi connectivity index (χ0n) is 11.6. The number of nitrogens with zero attached hydrogens (tertiary/aromatic N) is 1. The third kappa shape index (κ3) is 2.16. The van der Waals surface area contributed by atoms with Crippen molar-refractivity contribution in [2.24, 2.45) is 5.41 Å². The summed E-state index contributed by atoms with van der Waals surface area (Å²) in [5.41, 5.74) is -0.429. The minimum atomic E-state index is -3.61. The van der Waals surface area contributed by atoms with Crippen molar-refractivity contribution in [3.05, 3.63) is 23.5 Å². The molecule has 2 N–H and O–H groups in total. The second kappa shape index (κ2) is 4.96. The number of alkyl halides is 2. The maximum Gasteiger partial charge on any atom is 0.280 e. The van der Waals surface area contributed by atoms with Gasteiger partial charge in [-0.25, -0.2) is 17.2 Å². The first kappa shape index (κ1) is 14.8. The molecule has 1 aromatic heterocycles. The van der Waals surface area contributed by atoms with Crippen LogP contribution in [0.15, 0.2) is 17.0 Å². The standard InChI is InChI=1S/C13H17F2N3O2S/c1-2-8-10(4-3-9(18-8)11(14)15)21(19,20)12-13(7-17-12)5-16-6-13/h3-4,11-12,16-17H,2,5-7H2,1H3. The van der Waals surface area contributed by atoms with Crippen molar-refractivity contribution in [2.45, 2.75) is 30.0 Å². The number of nitrogens with one attached hydrogen (secondary N) is 2. The van der Waals surface area contributed by atoms with Crippen molar-refractivity contribution >= 4 is 9.84 Å². The largest absolute Gasteiger partial charge is 0.315 e. The van der Waals surface area contributed by atoms with Gasteiger partial charge in [-0.15, -0.1) is 0 Å². The van der Waals surface area contributed by atoms with E-state index in [1.54, 1.807) is 6.92 Å². The number of hydrogen-bond donors (Lipinski definition) is 2. The second-order valence-corrected chi connectivity index (χ2v) is 7.61. The number of halogens is 2. The van der Waals surface area contributed by atoms with Crippen LogP contribution in [-0.4, -0.2) is 38.4 Å². The maximum atomic E-state index is 12.8. The van der Waals surface area contributed by atoms with Crippen LogP contribution in [0, 0.1) is 5.41 Å². The Morgan fingerprint density at radius 3 is 2.52 bits per heavy atom. The van der Waals surface area contributed by atoms with Crippen LogP contribution in [-0.2, 0) is 16.3 Å². The van der Waals surface area contributed by atoms with Crippen LogP contribution in [0.3, 0.4) is 0 Å². The first-order valence-corrected chi connectivity index (χ1v) is 8.41. The molecule has 21 heavy (non-hydrogen) atoms. The number of rotatable bonds is 4. The van der Waals surface area contributed by atoms with Crippen molar-refractivity contribution in [3.8, 4) is 0 Å². The van der Waals surface area contributed by atoms with Crippen molar-refractivity contribution in [1.82, 2.24) is 15.6 Å². The molecular formula is C13H17F2N3O2S. The third-order valence-electron chi connectivity index (χ3n) is 4.28. The smallest absolute Gasteiger partial charge is 0.280 e. The summed E-state index contributed by atoms with van der Waals surface area (Å²) in [6, 6.07) is 2.36. The Hall–Kier alpha value is -1.12. The second-order valence-electron chi connectivity index (χ2n) is 5.61. The number of hydrogen-bond acceptors (Lipinski definition) is 5. The van der Waals surface area contributed by atoms with Gasteiger partial charge in [0.1, 0.15) is 11.1 Å². The highest BCUT2D eigenvalue weighted by atomic mass is 32.2. The summed E-state index contributed by atoms with van der Waals surface area (Å²) < 4.78 is 50.9. The lowest BCUT2D eigenvalue weighted by atomic mass is 9.76. The van der Waals surface area contributed by atoms with Crippen molar-refractivity contribution < 1.29 is 17.2 Å². The van der Waals surface area contributed by atoms with Crippen molar-refractivity contribution in [1.29, 1.82) is 0 Å². The summed E-state index contributed by atoms with van der Waals surface area (Å²) in [5.74, 6) is 0. The van der Waals surface area contributed by atoms with Gasteiger partial charge in [0.25, 0.3) is 6.43 Å². The molecule has 8 heteroatoms. The quantitative estimate of drug-likeness (QED) is 0.862. The van der Waals surface area contributed by atoms with Crippen LogP contribution in [0.2, 0.25) is 0 Å². The molecular weight excluding hydrogens is 300 g/mol. The van der Waals surface area contributed by atoms with E-state index >= 15 is 0 Å². The first-order chi connectivity index (χ1) is 9.90. The molecule has 2 aliphatic heterocycles. The lowest BCUT2D eigenvalue weighted by Crippen LogP contribution is -2.77. The molecule has 3 heterocycles. The predicted octanol–water partition coefficient (Wildman–Crippen LogP) is 0.874. The zero-order valence-corrected chi connectivity index (χ0v) is 12.4. The van der Waals surface area contributed by atoms with E-state index in [2.05, 4.69) is 15.6 Å². The molecule has 1 aromatic rings. The van der Waals surface area contributed by atoms with E-state index in [9.17, 15) is 17.2 Å². The molecule has 116 valence electrons. The fourth-order valence-corrected chi connectivity index (χ4v) is 5.18. The van der Waals surface area contributed by atoms with Crippen LogP contribution < -0.4 is 10.6 Å². The fraction of sp³-hybridized carbons (Fsp3) is 0.615. The van der Waals surface area contributed by atoms with Gasteiger partial charge in [-0.2, -0.15) is 0 Å². The highest BCUT2D eigenvalue weighted by Gasteiger charge is 2.57. The lowest BCUT2D eigenvalue weighted by molar-refractivity contribution is 0.0641. The van der Waals surface area contributed by atoms with Gasteiger partial charge in [-0.1, -0.05) is 6.92 Å². The Kier molecular flexibility index (Phi) is 3.50. The first-order valence-electron chi connectivity index (χ1n) is 6.87. The van der Waals surface area contributed by atoms with Crippen molar-refractivity contribution in [2.75, 3.05) is 19.6 Å². The Balaban J connectivity index is 1.99. The SMILES string of the molecule is CCc1nc(C(F)F)ccc1S(=O)(=O)C1NCC12CNC2. The topological polar surface area (TPSA) is 71.1 Å². The molecule has 1 spiro atoms. The summed E-state index contributed by atoms with van der Waals surface area (Å²) >= 11 is 0. The van der Waals surface area contributed by atoms with Crippen LogP contribution >= 0.6 is 0 Å². The minimum absolute atomic E-state index is 0.0675. The van der Waals surface area contributed by atoms with Gasteiger partial charge in [0.15, 0.2) is 9.84 Å². The van der Waals surface area contributed by atoms with Gasteiger partial charge in [-0.3, -0.25) is 10.3 Å². The van der Waals surface area contributed by atoms with Gasteiger partial charge < -0.3 is 5.32 Å². The van der Waals surface area contributed by atoms with E-state index in [0.29, 0.717) is 26.1 Å². The molecule has 5 nitrogen and oxygen atoms in total. The summed E-state index contributed by atoms with van der Waals surface area (Å²) in [6.07, 6.45) is -2.40. The molecule has 0 aliphatic carbocycles. The Labute approximate surface area is 122 Å². The molecule has 2 aliphatic rings. The summed E-state index contributed by atoms with van der Waals surface area (Å²) in [7, 11) is -3.61. The van der Waals surface area contributed by atoms with Gasteiger partial charge in [0, 0.05) is 25.0 Å². The van der Waals surface area contributed by atoms with Crippen LogP contribution in [0.1, 0.15) is 24.7 Å². The molecule has 0 radical (unpaired) electrons. The molecule has 0 aromatic carbocycles. The molecule has 2 saturated heterocycles. The third-order valence-corrected chi connectivity index (χ3v) is 6.55. The molecule has 0 saturated carbocycles.